The highest BCUT2D eigenvalue weighted by molar-refractivity contribution is 5.28. The lowest BCUT2D eigenvalue weighted by molar-refractivity contribution is 0.327. The van der Waals surface area contributed by atoms with E-state index in [4.69, 9.17) is 11.2 Å². The monoisotopic (exact) mass is 203 g/mol. The van der Waals surface area contributed by atoms with Crippen LogP contribution in [0.4, 0.5) is 0 Å². The van der Waals surface area contributed by atoms with Gasteiger partial charge in [-0.3, -0.25) is 0 Å². The van der Waals surface area contributed by atoms with E-state index in [1.165, 1.54) is 5.56 Å². The largest absolute Gasteiger partial charge is 0.493 e. The lowest BCUT2D eigenvalue weighted by Crippen LogP contribution is -2.11. The SMILES string of the molecule is C#CCCOc1cccc(CNCC)c1. The molecule has 1 N–H and O–H groups in total. The summed E-state index contributed by atoms with van der Waals surface area (Å²) in [6.45, 7) is 4.53. The van der Waals surface area contributed by atoms with Gasteiger partial charge in [-0.05, 0) is 24.2 Å². The minimum absolute atomic E-state index is 0.584. The molecule has 0 unspecified atom stereocenters. The second-order valence-electron chi connectivity index (χ2n) is 3.23. The summed E-state index contributed by atoms with van der Waals surface area (Å²) in [4.78, 5) is 0. The predicted octanol–water partition coefficient (Wildman–Crippen LogP) is 2.20. The van der Waals surface area contributed by atoms with Crippen molar-refractivity contribution in [1.82, 2.24) is 5.32 Å². The van der Waals surface area contributed by atoms with Crippen LogP contribution in [0.5, 0.6) is 5.75 Å². The molecule has 0 bridgehead atoms. The van der Waals surface area contributed by atoms with Crippen molar-refractivity contribution in [3.8, 4) is 18.1 Å². The Balaban J connectivity index is 2.47. The molecule has 0 aliphatic rings. The first kappa shape index (κ1) is 11.6. The van der Waals surface area contributed by atoms with Gasteiger partial charge in [0.2, 0.25) is 0 Å². The number of hydrogen-bond donors (Lipinski definition) is 1. The molecule has 0 saturated heterocycles. The third kappa shape index (κ3) is 4.53. The quantitative estimate of drug-likeness (QED) is 0.565. The van der Waals surface area contributed by atoms with E-state index >= 15 is 0 Å². The summed E-state index contributed by atoms with van der Waals surface area (Å²) in [5.74, 6) is 3.44. The van der Waals surface area contributed by atoms with Crippen LogP contribution in [0.3, 0.4) is 0 Å². The fourth-order valence-electron chi connectivity index (χ4n) is 1.24. The van der Waals surface area contributed by atoms with Gasteiger partial charge < -0.3 is 10.1 Å². The second-order valence-corrected chi connectivity index (χ2v) is 3.23. The average Bonchev–Trinajstić information content (AvgIpc) is 2.27. The normalized spacial score (nSPS) is 9.60. The summed E-state index contributed by atoms with van der Waals surface area (Å²) < 4.78 is 5.50. The highest BCUT2D eigenvalue weighted by Crippen LogP contribution is 2.13. The zero-order valence-electron chi connectivity index (χ0n) is 9.12. The van der Waals surface area contributed by atoms with E-state index in [0.29, 0.717) is 13.0 Å². The Bertz CT molecular complexity index is 328. The summed E-state index contributed by atoms with van der Waals surface area (Å²) in [6.07, 6.45) is 5.80. The van der Waals surface area contributed by atoms with Crippen LogP contribution in [0.15, 0.2) is 24.3 Å². The van der Waals surface area contributed by atoms with Gasteiger partial charge >= 0.3 is 0 Å². The van der Waals surface area contributed by atoms with Gasteiger partial charge in [-0.1, -0.05) is 19.1 Å². The van der Waals surface area contributed by atoms with Crippen LogP contribution in [0.25, 0.3) is 0 Å². The molecule has 0 heterocycles. The highest BCUT2D eigenvalue weighted by atomic mass is 16.5. The number of rotatable bonds is 6. The van der Waals surface area contributed by atoms with Gasteiger partial charge in [0.05, 0.1) is 6.61 Å². The fraction of sp³-hybridized carbons (Fsp3) is 0.385. The van der Waals surface area contributed by atoms with Crippen molar-refractivity contribution in [2.45, 2.75) is 19.9 Å². The topological polar surface area (TPSA) is 21.3 Å². The average molecular weight is 203 g/mol. The molecule has 2 nitrogen and oxygen atoms in total. The second kappa shape index (κ2) is 6.92. The molecule has 80 valence electrons. The number of terminal acetylenes is 1. The van der Waals surface area contributed by atoms with Gasteiger partial charge in [0, 0.05) is 13.0 Å². The van der Waals surface area contributed by atoms with Crippen LogP contribution in [-0.2, 0) is 6.54 Å². The van der Waals surface area contributed by atoms with Crippen LogP contribution in [-0.4, -0.2) is 13.2 Å². The molecule has 1 aromatic rings. The van der Waals surface area contributed by atoms with Crippen LogP contribution in [0.1, 0.15) is 18.9 Å². The van der Waals surface area contributed by atoms with Crippen LogP contribution >= 0.6 is 0 Å². The number of hydrogen-bond acceptors (Lipinski definition) is 2. The van der Waals surface area contributed by atoms with Gasteiger partial charge in [-0.15, -0.1) is 12.3 Å². The van der Waals surface area contributed by atoms with Gasteiger partial charge in [-0.2, -0.15) is 0 Å². The zero-order valence-corrected chi connectivity index (χ0v) is 9.12. The standard InChI is InChI=1S/C13H17NO/c1-3-5-9-15-13-8-6-7-12(10-13)11-14-4-2/h1,6-8,10,14H,4-5,9,11H2,2H3. The number of benzene rings is 1. The Morgan fingerprint density at radius 1 is 1.47 bits per heavy atom. The van der Waals surface area contributed by atoms with E-state index in [1.807, 2.05) is 18.2 Å². The van der Waals surface area contributed by atoms with Crippen molar-refractivity contribution in [3.63, 3.8) is 0 Å². The first-order valence-electron chi connectivity index (χ1n) is 5.22. The molecule has 0 aromatic heterocycles. The molecule has 1 aromatic carbocycles. The van der Waals surface area contributed by atoms with E-state index in [1.54, 1.807) is 0 Å². The number of nitrogens with one attached hydrogen (secondary N) is 1. The maximum absolute atomic E-state index is 5.50. The van der Waals surface area contributed by atoms with Crippen molar-refractivity contribution in [3.05, 3.63) is 29.8 Å². The van der Waals surface area contributed by atoms with E-state index in [9.17, 15) is 0 Å². The van der Waals surface area contributed by atoms with E-state index in [2.05, 4.69) is 24.2 Å². The third-order valence-electron chi connectivity index (χ3n) is 1.99. The Morgan fingerprint density at radius 3 is 3.07 bits per heavy atom. The van der Waals surface area contributed by atoms with Crippen molar-refractivity contribution in [1.29, 1.82) is 0 Å². The number of ether oxygens (including phenoxy) is 1. The Kier molecular flexibility index (Phi) is 5.35. The fourth-order valence-corrected chi connectivity index (χ4v) is 1.24. The lowest BCUT2D eigenvalue weighted by Gasteiger charge is -2.06. The summed E-state index contributed by atoms with van der Waals surface area (Å²) >= 11 is 0. The maximum atomic E-state index is 5.50. The molecule has 0 atom stereocenters. The predicted molar refractivity (Wildman–Crippen MR) is 62.8 cm³/mol. The molecular weight excluding hydrogens is 186 g/mol. The van der Waals surface area contributed by atoms with Gasteiger partial charge in [0.15, 0.2) is 0 Å². The molecule has 0 saturated carbocycles. The molecule has 0 aliphatic heterocycles. The summed E-state index contributed by atoms with van der Waals surface area (Å²) in [5, 5.41) is 3.27. The molecular formula is C13H17NO. The molecule has 2 heteroatoms. The summed E-state index contributed by atoms with van der Waals surface area (Å²) in [6, 6.07) is 8.07. The molecule has 0 radical (unpaired) electrons. The molecule has 0 spiro atoms. The molecule has 0 amide bonds. The van der Waals surface area contributed by atoms with Crippen molar-refractivity contribution in [2.24, 2.45) is 0 Å². The Labute approximate surface area is 91.6 Å². The van der Waals surface area contributed by atoms with Crippen LogP contribution < -0.4 is 10.1 Å². The molecule has 0 aliphatic carbocycles. The minimum atomic E-state index is 0.584. The Hall–Kier alpha value is -1.46. The van der Waals surface area contributed by atoms with Crippen molar-refractivity contribution >= 4 is 0 Å². The van der Waals surface area contributed by atoms with Gasteiger partial charge in [0.25, 0.3) is 0 Å². The maximum Gasteiger partial charge on any atom is 0.119 e. The van der Waals surface area contributed by atoms with Crippen LogP contribution in [0.2, 0.25) is 0 Å². The third-order valence-corrected chi connectivity index (χ3v) is 1.99. The van der Waals surface area contributed by atoms with Crippen LogP contribution in [0, 0.1) is 12.3 Å². The lowest BCUT2D eigenvalue weighted by atomic mass is 10.2. The molecule has 0 fully saturated rings. The van der Waals surface area contributed by atoms with E-state index < -0.39 is 0 Å². The smallest absolute Gasteiger partial charge is 0.119 e. The Morgan fingerprint density at radius 2 is 2.33 bits per heavy atom. The summed E-state index contributed by atoms with van der Waals surface area (Å²) in [7, 11) is 0. The summed E-state index contributed by atoms with van der Waals surface area (Å²) in [5.41, 5.74) is 1.23. The zero-order chi connectivity index (χ0) is 10.9. The molecule has 1 rings (SSSR count). The van der Waals surface area contributed by atoms with Gasteiger partial charge in [0.1, 0.15) is 5.75 Å². The first-order chi connectivity index (χ1) is 7.36. The van der Waals surface area contributed by atoms with Crippen molar-refractivity contribution < 1.29 is 4.74 Å². The van der Waals surface area contributed by atoms with Crippen molar-refractivity contribution in [2.75, 3.05) is 13.2 Å². The van der Waals surface area contributed by atoms with E-state index in [-0.39, 0.29) is 0 Å². The first-order valence-corrected chi connectivity index (χ1v) is 5.22. The molecule has 15 heavy (non-hydrogen) atoms. The minimum Gasteiger partial charge on any atom is -0.493 e. The van der Waals surface area contributed by atoms with E-state index in [0.717, 1.165) is 18.8 Å². The van der Waals surface area contributed by atoms with Gasteiger partial charge in [-0.25, -0.2) is 0 Å². The highest BCUT2D eigenvalue weighted by Gasteiger charge is 1.95.